The maximum absolute atomic E-state index is 4.95. The van der Waals surface area contributed by atoms with Gasteiger partial charge < -0.3 is 0 Å². The minimum Gasteiger partial charge on any atom is -0.261 e. The normalized spacial score (nSPS) is 18.5. The van der Waals surface area contributed by atoms with Gasteiger partial charge in [-0.3, -0.25) is 4.99 Å². The lowest BCUT2D eigenvalue weighted by atomic mass is 9.80. The standard InChI is InChI=1S/C20H27N/c1-19(2,3)14-8-9-15-13(11-14)7-10-17-16(15)12-18(21-17)20(4,5)6/h8-9,11H,7,10,12H2,1-6H3. The fourth-order valence-corrected chi connectivity index (χ4v) is 3.24. The average molecular weight is 281 g/mol. The second kappa shape index (κ2) is 4.56. The number of aryl methyl sites for hydroxylation is 1. The average Bonchev–Trinajstić information content (AvgIpc) is 2.81. The lowest BCUT2D eigenvalue weighted by Gasteiger charge is -2.24. The van der Waals surface area contributed by atoms with Gasteiger partial charge in [0.1, 0.15) is 0 Å². The van der Waals surface area contributed by atoms with Crippen LogP contribution < -0.4 is 0 Å². The third kappa shape index (κ3) is 2.59. The molecule has 0 atom stereocenters. The Bertz CT molecular complexity index is 645. The van der Waals surface area contributed by atoms with Crippen LogP contribution in [0.2, 0.25) is 0 Å². The van der Waals surface area contributed by atoms with Gasteiger partial charge in [-0.15, -0.1) is 0 Å². The topological polar surface area (TPSA) is 12.4 Å². The first kappa shape index (κ1) is 14.6. The van der Waals surface area contributed by atoms with Gasteiger partial charge in [-0.2, -0.15) is 0 Å². The molecule has 21 heavy (non-hydrogen) atoms. The summed E-state index contributed by atoms with van der Waals surface area (Å²) in [5, 5.41) is 0. The molecule has 0 saturated carbocycles. The van der Waals surface area contributed by atoms with Gasteiger partial charge in [0.2, 0.25) is 0 Å². The van der Waals surface area contributed by atoms with Crippen LogP contribution in [0.5, 0.6) is 0 Å². The van der Waals surface area contributed by atoms with Crippen molar-refractivity contribution in [2.45, 2.75) is 66.2 Å². The lowest BCUT2D eigenvalue weighted by Crippen LogP contribution is -2.18. The molecule has 0 aromatic heterocycles. The molecule has 0 bridgehead atoms. The Balaban J connectivity index is 1.97. The highest BCUT2D eigenvalue weighted by Gasteiger charge is 2.30. The number of hydrogen-bond acceptors (Lipinski definition) is 1. The van der Waals surface area contributed by atoms with Crippen LogP contribution in [0.25, 0.3) is 5.57 Å². The van der Waals surface area contributed by atoms with E-state index in [2.05, 4.69) is 59.7 Å². The van der Waals surface area contributed by atoms with Gasteiger partial charge in [0, 0.05) is 23.2 Å². The first-order chi connectivity index (χ1) is 9.66. The maximum Gasteiger partial charge on any atom is 0.0448 e. The van der Waals surface area contributed by atoms with Crippen molar-refractivity contribution in [2.75, 3.05) is 0 Å². The third-order valence-electron chi connectivity index (χ3n) is 4.76. The number of allylic oxidation sites excluding steroid dienone is 2. The van der Waals surface area contributed by atoms with E-state index in [9.17, 15) is 0 Å². The Hall–Kier alpha value is -1.37. The molecule has 1 heteroatoms. The molecule has 0 unspecified atom stereocenters. The molecule has 0 amide bonds. The SMILES string of the molecule is CC(C)(C)C1=NC2=C(C1)c1ccc(C(C)(C)C)cc1CC2. The smallest absolute Gasteiger partial charge is 0.0448 e. The van der Waals surface area contributed by atoms with Crippen LogP contribution in [0.4, 0.5) is 0 Å². The molecule has 1 aliphatic heterocycles. The molecule has 1 aromatic carbocycles. The zero-order valence-electron chi connectivity index (χ0n) is 14.3. The molecule has 2 aliphatic rings. The fraction of sp³-hybridized carbons (Fsp3) is 0.550. The van der Waals surface area contributed by atoms with Crippen LogP contribution in [-0.4, -0.2) is 5.71 Å². The van der Waals surface area contributed by atoms with Gasteiger partial charge in [0.05, 0.1) is 0 Å². The van der Waals surface area contributed by atoms with Gasteiger partial charge >= 0.3 is 0 Å². The monoisotopic (exact) mass is 281 g/mol. The Labute approximate surface area is 129 Å². The summed E-state index contributed by atoms with van der Waals surface area (Å²) in [5.41, 5.74) is 9.01. The van der Waals surface area contributed by atoms with E-state index in [1.54, 1.807) is 0 Å². The van der Waals surface area contributed by atoms with Crippen molar-refractivity contribution in [3.8, 4) is 0 Å². The summed E-state index contributed by atoms with van der Waals surface area (Å²) in [6.45, 7) is 13.7. The molecule has 3 rings (SSSR count). The molecule has 1 aliphatic carbocycles. The van der Waals surface area contributed by atoms with E-state index >= 15 is 0 Å². The van der Waals surface area contributed by atoms with Crippen molar-refractivity contribution in [1.82, 2.24) is 0 Å². The summed E-state index contributed by atoms with van der Waals surface area (Å²) in [4.78, 5) is 4.95. The van der Waals surface area contributed by atoms with Crippen molar-refractivity contribution >= 4 is 11.3 Å². The van der Waals surface area contributed by atoms with E-state index in [4.69, 9.17) is 4.99 Å². The van der Waals surface area contributed by atoms with Crippen molar-refractivity contribution < 1.29 is 0 Å². The minimum absolute atomic E-state index is 0.183. The van der Waals surface area contributed by atoms with Crippen LogP contribution in [0.15, 0.2) is 28.9 Å². The van der Waals surface area contributed by atoms with Crippen LogP contribution in [0.1, 0.15) is 71.1 Å². The van der Waals surface area contributed by atoms with Crippen LogP contribution >= 0.6 is 0 Å². The van der Waals surface area contributed by atoms with Gasteiger partial charge in [-0.1, -0.05) is 59.7 Å². The van der Waals surface area contributed by atoms with E-state index in [0.717, 1.165) is 19.3 Å². The molecule has 0 saturated heterocycles. The largest absolute Gasteiger partial charge is 0.261 e. The Morgan fingerprint density at radius 2 is 1.62 bits per heavy atom. The van der Waals surface area contributed by atoms with Gasteiger partial charge in [0.15, 0.2) is 0 Å². The molecule has 0 radical (unpaired) electrons. The van der Waals surface area contributed by atoms with Crippen molar-refractivity contribution in [1.29, 1.82) is 0 Å². The molecule has 112 valence electrons. The highest BCUT2D eigenvalue weighted by Crippen LogP contribution is 2.42. The number of fused-ring (bicyclic) bond motifs is 2. The Kier molecular flexibility index (Phi) is 3.16. The van der Waals surface area contributed by atoms with E-state index in [1.165, 1.54) is 33.7 Å². The predicted octanol–water partition coefficient (Wildman–Crippen LogP) is 5.53. The van der Waals surface area contributed by atoms with E-state index < -0.39 is 0 Å². The summed E-state index contributed by atoms with van der Waals surface area (Å²) < 4.78 is 0. The lowest BCUT2D eigenvalue weighted by molar-refractivity contribution is 0.585. The Morgan fingerprint density at radius 1 is 0.905 bits per heavy atom. The first-order valence-electron chi connectivity index (χ1n) is 8.10. The van der Waals surface area contributed by atoms with Crippen LogP contribution in [0, 0.1) is 5.41 Å². The highest BCUT2D eigenvalue weighted by molar-refractivity contribution is 6.03. The second-order valence-corrected chi connectivity index (χ2v) is 8.53. The second-order valence-electron chi connectivity index (χ2n) is 8.53. The molecular weight excluding hydrogens is 254 g/mol. The summed E-state index contributed by atoms with van der Waals surface area (Å²) in [6.07, 6.45) is 3.29. The highest BCUT2D eigenvalue weighted by atomic mass is 14.8. The molecule has 1 aromatic rings. The summed E-state index contributed by atoms with van der Waals surface area (Å²) in [7, 11) is 0. The fourth-order valence-electron chi connectivity index (χ4n) is 3.24. The van der Waals surface area contributed by atoms with Crippen molar-refractivity contribution in [2.24, 2.45) is 10.4 Å². The summed E-state index contributed by atoms with van der Waals surface area (Å²) in [6, 6.07) is 7.07. The quantitative estimate of drug-likeness (QED) is 0.592. The zero-order valence-corrected chi connectivity index (χ0v) is 14.3. The number of benzene rings is 1. The molecular formula is C20H27N. The minimum atomic E-state index is 0.183. The summed E-state index contributed by atoms with van der Waals surface area (Å²) in [5.74, 6) is 0. The number of rotatable bonds is 0. The van der Waals surface area contributed by atoms with Gasteiger partial charge in [0.25, 0.3) is 0 Å². The van der Waals surface area contributed by atoms with Crippen LogP contribution in [0.3, 0.4) is 0 Å². The number of aliphatic imine (C=N–C) groups is 1. The van der Waals surface area contributed by atoms with Crippen LogP contribution in [-0.2, 0) is 11.8 Å². The summed E-state index contributed by atoms with van der Waals surface area (Å²) >= 11 is 0. The molecule has 0 N–H and O–H groups in total. The Morgan fingerprint density at radius 3 is 2.24 bits per heavy atom. The number of nitrogens with zero attached hydrogens (tertiary/aromatic N) is 1. The van der Waals surface area contributed by atoms with E-state index in [1.807, 2.05) is 0 Å². The third-order valence-corrected chi connectivity index (χ3v) is 4.76. The van der Waals surface area contributed by atoms with Crippen molar-refractivity contribution in [3.63, 3.8) is 0 Å². The zero-order chi connectivity index (χ0) is 15.4. The number of hydrogen-bond donors (Lipinski definition) is 0. The molecule has 1 heterocycles. The molecule has 1 nitrogen and oxygen atoms in total. The molecule has 0 spiro atoms. The first-order valence-corrected chi connectivity index (χ1v) is 8.10. The van der Waals surface area contributed by atoms with E-state index in [0.29, 0.717) is 0 Å². The van der Waals surface area contributed by atoms with Gasteiger partial charge in [-0.25, -0.2) is 0 Å². The maximum atomic E-state index is 4.95. The molecule has 0 fully saturated rings. The van der Waals surface area contributed by atoms with Crippen molar-refractivity contribution in [3.05, 3.63) is 40.6 Å². The van der Waals surface area contributed by atoms with Gasteiger partial charge in [-0.05, 0) is 40.5 Å². The van der Waals surface area contributed by atoms with E-state index in [-0.39, 0.29) is 10.8 Å². The predicted molar refractivity (Wildman–Crippen MR) is 91.9 cm³/mol.